The maximum Gasteiger partial charge on any atom is 0.294 e. The number of aromatic nitrogens is 1. The van der Waals surface area contributed by atoms with E-state index in [0.717, 1.165) is 5.56 Å². The fourth-order valence-corrected chi connectivity index (χ4v) is 2.20. The Kier molecular flexibility index (Phi) is 5.28. The van der Waals surface area contributed by atoms with Crippen LogP contribution in [0.15, 0.2) is 65.2 Å². The first-order valence-electron chi connectivity index (χ1n) is 7.92. The summed E-state index contributed by atoms with van der Waals surface area (Å²) >= 11 is 0. The molecule has 3 rings (SSSR count). The summed E-state index contributed by atoms with van der Waals surface area (Å²) in [5.74, 6) is -0.329. The smallest absolute Gasteiger partial charge is 0.294 e. The lowest BCUT2D eigenvalue weighted by Crippen LogP contribution is -2.11. The van der Waals surface area contributed by atoms with E-state index in [9.17, 15) is 9.59 Å². The maximum atomic E-state index is 12.2. The van der Waals surface area contributed by atoms with Gasteiger partial charge >= 0.3 is 0 Å². The van der Waals surface area contributed by atoms with Gasteiger partial charge in [-0.15, -0.1) is 0 Å². The average molecular weight is 351 g/mol. The molecule has 0 aliphatic heterocycles. The van der Waals surface area contributed by atoms with Gasteiger partial charge in [0, 0.05) is 18.3 Å². The molecule has 0 aliphatic carbocycles. The molecule has 2 amide bonds. The number of carbonyl (C=O) groups is 2. The van der Waals surface area contributed by atoms with E-state index in [-0.39, 0.29) is 17.5 Å². The Hall–Kier alpha value is -3.61. The number of rotatable bonds is 6. The van der Waals surface area contributed by atoms with Crippen molar-refractivity contribution < 1.29 is 18.8 Å². The number of amides is 2. The Morgan fingerprint density at radius 3 is 2.31 bits per heavy atom. The molecule has 0 saturated heterocycles. The van der Waals surface area contributed by atoms with Gasteiger partial charge in [0.25, 0.3) is 11.8 Å². The second-order valence-corrected chi connectivity index (χ2v) is 5.52. The Morgan fingerprint density at radius 2 is 1.65 bits per heavy atom. The van der Waals surface area contributed by atoms with Crippen molar-refractivity contribution in [3.8, 4) is 5.88 Å². The molecule has 0 fully saturated rings. The molecule has 132 valence electrons. The van der Waals surface area contributed by atoms with Crippen LogP contribution in [0.3, 0.4) is 0 Å². The Labute approximate surface area is 150 Å². The zero-order chi connectivity index (χ0) is 18.4. The van der Waals surface area contributed by atoms with Crippen LogP contribution in [0, 0.1) is 0 Å². The minimum Gasteiger partial charge on any atom is -0.471 e. The van der Waals surface area contributed by atoms with E-state index < -0.39 is 5.91 Å². The van der Waals surface area contributed by atoms with Crippen LogP contribution in [0.5, 0.6) is 5.88 Å². The molecule has 0 atom stereocenters. The van der Waals surface area contributed by atoms with Crippen LogP contribution in [0.2, 0.25) is 0 Å². The van der Waals surface area contributed by atoms with Crippen molar-refractivity contribution in [3.63, 3.8) is 0 Å². The maximum absolute atomic E-state index is 12.2. The quantitative estimate of drug-likeness (QED) is 0.709. The summed E-state index contributed by atoms with van der Waals surface area (Å²) in [6.07, 6.45) is 0. The van der Waals surface area contributed by atoms with E-state index in [4.69, 9.17) is 9.26 Å². The molecule has 2 N–H and O–H groups in total. The van der Waals surface area contributed by atoms with E-state index >= 15 is 0 Å². The minimum atomic E-state index is -0.445. The largest absolute Gasteiger partial charge is 0.471 e. The van der Waals surface area contributed by atoms with Crippen LogP contribution in [-0.2, 0) is 11.4 Å². The van der Waals surface area contributed by atoms with Crippen molar-refractivity contribution in [1.82, 2.24) is 5.16 Å². The number of anilines is 2. The molecule has 0 unspecified atom stereocenters. The molecule has 3 aromatic rings. The van der Waals surface area contributed by atoms with Gasteiger partial charge in [0.2, 0.25) is 11.7 Å². The number of benzene rings is 2. The normalized spacial score (nSPS) is 10.2. The molecule has 26 heavy (non-hydrogen) atoms. The van der Waals surface area contributed by atoms with Crippen LogP contribution in [-0.4, -0.2) is 17.0 Å². The van der Waals surface area contributed by atoms with Gasteiger partial charge in [-0.2, -0.15) is 0 Å². The molecular formula is C19H17N3O4. The molecule has 0 aliphatic rings. The zero-order valence-corrected chi connectivity index (χ0v) is 14.1. The van der Waals surface area contributed by atoms with Crippen molar-refractivity contribution in [2.75, 3.05) is 10.6 Å². The molecule has 1 heterocycles. The van der Waals surface area contributed by atoms with E-state index in [1.807, 2.05) is 30.3 Å². The summed E-state index contributed by atoms with van der Waals surface area (Å²) in [6, 6.07) is 17.8. The first kappa shape index (κ1) is 17.2. The van der Waals surface area contributed by atoms with Gasteiger partial charge in [-0.25, -0.2) is 0 Å². The molecular weight excluding hydrogens is 334 g/mol. The lowest BCUT2D eigenvalue weighted by molar-refractivity contribution is -0.114. The van der Waals surface area contributed by atoms with Crippen LogP contribution < -0.4 is 15.4 Å². The SMILES string of the molecule is CC(=O)Nc1ccc(NC(=O)c2cc(OCc3ccccc3)no2)cc1. The molecule has 0 radical (unpaired) electrons. The van der Waals surface area contributed by atoms with Crippen molar-refractivity contribution >= 4 is 23.2 Å². The summed E-state index contributed by atoms with van der Waals surface area (Å²) in [6.45, 7) is 1.76. The fraction of sp³-hybridized carbons (Fsp3) is 0.105. The van der Waals surface area contributed by atoms with E-state index in [0.29, 0.717) is 18.0 Å². The molecule has 0 spiro atoms. The molecule has 0 bridgehead atoms. The summed E-state index contributed by atoms with van der Waals surface area (Å²) in [7, 11) is 0. The number of nitrogens with zero attached hydrogens (tertiary/aromatic N) is 1. The van der Waals surface area contributed by atoms with E-state index in [1.165, 1.54) is 13.0 Å². The number of ether oxygens (including phenoxy) is 1. The van der Waals surface area contributed by atoms with Gasteiger partial charge in [-0.3, -0.25) is 9.59 Å². The van der Waals surface area contributed by atoms with Crippen LogP contribution in [0.25, 0.3) is 0 Å². The van der Waals surface area contributed by atoms with Gasteiger partial charge < -0.3 is 19.9 Å². The van der Waals surface area contributed by atoms with Gasteiger partial charge in [0.15, 0.2) is 0 Å². The minimum absolute atomic E-state index is 0.0407. The summed E-state index contributed by atoms with van der Waals surface area (Å²) in [5, 5.41) is 9.07. The Morgan fingerprint density at radius 1 is 1.00 bits per heavy atom. The highest BCUT2D eigenvalue weighted by atomic mass is 16.5. The predicted molar refractivity (Wildman–Crippen MR) is 96.0 cm³/mol. The number of hydrogen-bond acceptors (Lipinski definition) is 5. The topological polar surface area (TPSA) is 93.5 Å². The summed E-state index contributed by atoms with van der Waals surface area (Å²) < 4.78 is 10.5. The van der Waals surface area contributed by atoms with Crippen molar-refractivity contribution in [1.29, 1.82) is 0 Å². The number of hydrogen-bond donors (Lipinski definition) is 2. The fourth-order valence-electron chi connectivity index (χ4n) is 2.20. The molecule has 1 aromatic heterocycles. The number of carbonyl (C=O) groups excluding carboxylic acids is 2. The summed E-state index contributed by atoms with van der Waals surface area (Å²) in [5.41, 5.74) is 2.19. The third kappa shape index (κ3) is 4.70. The second-order valence-electron chi connectivity index (χ2n) is 5.52. The first-order valence-corrected chi connectivity index (χ1v) is 7.92. The van der Waals surface area contributed by atoms with Crippen LogP contribution in [0.4, 0.5) is 11.4 Å². The highest BCUT2D eigenvalue weighted by Crippen LogP contribution is 2.17. The van der Waals surface area contributed by atoms with Gasteiger partial charge in [0.1, 0.15) is 6.61 Å². The Balaban J connectivity index is 1.56. The second kappa shape index (κ2) is 7.98. The van der Waals surface area contributed by atoms with E-state index in [1.54, 1.807) is 24.3 Å². The number of nitrogens with one attached hydrogen (secondary N) is 2. The monoisotopic (exact) mass is 351 g/mol. The summed E-state index contributed by atoms with van der Waals surface area (Å²) in [4.78, 5) is 23.2. The highest BCUT2D eigenvalue weighted by Gasteiger charge is 2.14. The molecule has 0 saturated carbocycles. The lowest BCUT2D eigenvalue weighted by atomic mass is 10.2. The van der Waals surface area contributed by atoms with Crippen LogP contribution >= 0.6 is 0 Å². The third-order valence-electron chi connectivity index (χ3n) is 3.41. The predicted octanol–water partition coefficient (Wildman–Crippen LogP) is 3.46. The molecule has 2 aromatic carbocycles. The zero-order valence-electron chi connectivity index (χ0n) is 14.1. The molecule has 7 nitrogen and oxygen atoms in total. The van der Waals surface area contributed by atoms with Crippen molar-refractivity contribution in [2.24, 2.45) is 0 Å². The standard InChI is InChI=1S/C19H17N3O4/c1-13(23)20-15-7-9-16(10-8-15)21-19(24)17-11-18(22-26-17)25-12-14-5-3-2-4-6-14/h2-11H,12H2,1H3,(H,20,23)(H,21,24). The highest BCUT2D eigenvalue weighted by molar-refractivity contribution is 6.02. The lowest BCUT2D eigenvalue weighted by Gasteiger charge is -2.05. The average Bonchev–Trinajstić information content (AvgIpc) is 3.11. The van der Waals surface area contributed by atoms with Gasteiger partial charge in [-0.1, -0.05) is 30.3 Å². The third-order valence-corrected chi connectivity index (χ3v) is 3.41. The first-order chi connectivity index (χ1) is 12.6. The van der Waals surface area contributed by atoms with Gasteiger partial charge in [0.05, 0.1) is 6.07 Å². The Bertz CT molecular complexity index is 889. The van der Waals surface area contributed by atoms with Crippen LogP contribution in [0.1, 0.15) is 23.0 Å². The van der Waals surface area contributed by atoms with E-state index in [2.05, 4.69) is 15.8 Å². The van der Waals surface area contributed by atoms with Crippen molar-refractivity contribution in [3.05, 3.63) is 72.0 Å². The van der Waals surface area contributed by atoms with Gasteiger partial charge in [-0.05, 0) is 35.0 Å². The van der Waals surface area contributed by atoms with Crippen molar-refractivity contribution in [2.45, 2.75) is 13.5 Å². The molecule has 7 heteroatoms.